The van der Waals surface area contributed by atoms with Crippen LogP contribution < -0.4 is 10.2 Å². The highest BCUT2D eigenvalue weighted by Crippen LogP contribution is 2.29. The molecule has 0 unspecified atom stereocenters. The molecule has 4 aromatic rings. The lowest BCUT2D eigenvalue weighted by Gasteiger charge is -2.17. The standard InChI is InChI=1S/C26H27ClN4O2.ClH/c1-17-5-11-21(22(27)15-17)18-6-8-19(9-7-18)25(32)28-20-10-12-24-23(16-20)29-26(33-24)31(4)14-13-30(2)3;/h5-12,15-16H,13-14H2,1-4H3,(H,28,32);1H. The molecule has 3 aromatic carbocycles. The third-order valence-corrected chi connectivity index (χ3v) is 5.74. The SMILES string of the molecule is Cc1ccc(-c2ccc(C(=O)Nc3ccc4oc(N(C)CCN(C)C)nc4c3)cc2)c(Cl)c1.Cl. The van der Waals surface area contributed by atoms with Crippen LogP contribution in [0.3, 0.4) is 0 Å². The van der Waals surface area contributed by atoms with E-state index in [4.69, 9.17) is 16.0 Å². The van der Waals surface area contributed by atoms with E-state index in [1.54, 1.807) is 12.1 Å². The molecule has 6 nitrogen and oxygen atoms in total. The van der Waals surface area contributed by atoms with Crippen molar-refractivity contribution in [2.45, 2.75) is 6.92 Å². The molecule has 1 heterocycles. The number of aromatic nitrogens is 1. The second kappa shape index (κ2) is 10.9. The number of hydrogen-bond donors (Lipinski definition) is 1. The minimum atomic E-state index is -0.192. The Balaban J connectivity index is 0.00000324. The smallest absolute Gasteiger partial charge is 0.298 e. The Morgan fingerprint density at radius 2 is 1.74 bits per heavy atom. The first-order valence-electron chi connectivity index (χ1n) is 10.7. The zero-order chi connectivity index (χ0) is 23.5. The number of halogens is 2. The molecular weight excluding hydrogens is 471 g/mol. The van der Waals surface area contributed by atoms with Crippen molar-refractivity contribution in [3.63, 3.8) is 0 Å². The second-order valence-corrected chi connectivity index (χ2v) is 8.83. The molecule has 1 N–H and O–H groups in total. The topological polar surface area (TPSA) is 61.6 Å². The first-order chi connectivity index (χ1) is 15.8. The zero-order valence-corrected chi connectivity index (χ0v) is 21.2. The number of likely N-dealkylation sites (N-methyl/N-ethyl adjacent to an activating group) is 2. The van der Waals surface area contributed by atoms with Gasteiger partial charge in [-0.1, -0.05) is 35.9 Å². The van der Waals surface area contributed by atoms with Gasteiger partial charge in [0.25, 0.3) is 11.9 Å². The van der Waals surface area contributed by atoms with E-state index in [9.17, 15) is 4.79 Å². The monoisotopic (exact) mass is 498 g/mol. The maximum absolute atomic E-state index is 12.8. The van der Waals surface area contributed by atoms with Crippen molar-refractivity contribution in [1.29, 1.82) is 0 Å². The van der Waals surface area contributed by atoms with Crippen LogP contribution in [0.1, 0.15) is 15.9 Å². The van der Waals surface area contributed by atoms with Crippen LogP contribution in [0.5, 0.6) is 0 Å². The Morgan fingerprint density at radius 3 is 2.41 bits per heavy atom. The van der Waals surface area contributed by atoms with Crippen LogP contribution in [0, 0.1) is 6.92 Å². The maximum atomic E-state index is 12.8. The number of carbonyl (C=O) groups excluding carboxylic acids is 1. The molecule has 0 aliphatic heterocycles. The molecule has 178 valence electrons. The molecule has 0 saturated carbocycles. The van der Waals surface area contributed by atoms with Gasteiger partial charge in [0.15, 0.2) is 5.58 Å². The Kier molecular flexibility index (Phi) is 8.20. The largest absolute Gasteiger partial charge is 0.423 e. The van der Waals surface area contributed by atoms with E-state index in [0.717, 1.165) is 29.8 Å². The summed E-state index contributed by atoms with van der Waals surface area (Å²) in [5, 5.41) is 3.63. The summed E-state index contributed by atoms with van der Waals surface area (Å²) in [6.07, 6.45) is 0. The summed E-state index contributed by atoms with van der Waals surface area (Å²) in [4.78, 5) is 21.4. The summed E-state index contributed by atoms with van der Waals surface area (Å²) in [6.45, 7) is 3.70. The Bertz CT molecular complexity index is 1290. The number of aryl methyl sites for hydroxylation is 1. The summed E-state index contributed by atoms with van der Waals surface area (Å²) in [7, 11) is 6.00. The van der Waals surface area contributed by atoms with Crippen LogP contribution >= 0.6 is 24.0 Å². The van der Waals surface area contributed by atoms with Crippen molar-refractivity contribution in [2.24, 2.45) is 0 Å². The van der Waals surface area contributed by atoms with E-state index in [0.29, 0.717) is 33.4 Å². The molecule has 0 aliphatic carbocycles. The van der Waals surface area contributed by atoms with E-state index in [1.165, 1.54) is 0 Å². The number of nitrogens with one attached hydrogen (secondary N) is 1. The molecule has 0 bridgehead atoms. The molecule has 1 amide bonds. The molecule has 1 aromatic heterocycles. The van der Waals surface area contributed by atoms with Crippen LogP contribution in [-0.2, 0) is 0 Å². The van der Waals surface area contributed by atoms with Gasteiger partial charge in [-0.3, -0.25) is 4.79 Å². The lowest BCUT2D eigenvalue weighted by Crippen LogP contribution is -2.28. The highest BCUT2D eigenvalue weighted by atomic mass is 35.5. The predicted molar refractivity (Wildman–Crippen MR) is 143 cm³/mol. The lowest BCUT2D eigenvalue weighted by atomic mass is 10.0. The van der Waals surface area contributed by atoms with Crippen molar-refractivity contribution in [2.75, 3.05) is 44.4 Å². The fourth-order valence-electron chi connectivity index (χ4n) is 3.46. The van der Waals surface area contributed by atoms with E-state index >= 15 is 0 Å². The third kappa shape index (κ3) is 5.89. The highest BCUT2D eigenvalue weighted by molar-refractivity contribution is 6.33. The second-order valence-electron chi connectivity index (χ2n) is 8.42. The maximum Gasteiger partial charge on any atom is 0.298 e. The van der Waals surface area contributed by atoms with Gasteiger partial charge in [-0.25, -0.2) is 0 Å². The number of rotatable bonds is 7. The Morgan fingerprint density at radius 1 is 1.00 bits per heavy atom. The lowest BCUT2D eigenvalue weighted by molar-refractivity contribution is 0.102. The average molecular weight is 499 g/mol. The zero-order valence-electron chi connectivity index (χ0n) is 19.6. The van der Waals surface area contributed by atoms with E-state index in [-0.39, 0.29) is 18.3 Å². The number of oxazole rings is 1. The van der Waals surface area contributed by atoms with Crippen molar-refractivity contribution >= 4 is 52.7 Å². The molecule has 0 spiro atoms. The number of amides is 1. The first-order valence-corrected chi connectivity index (χ1v) is 11.1. The number of benzene rings is 3. The number of nitrogens with zero attached hydrogens (tertiary/aromatic N) is 3. The number of hydrogen-bond acceptors (Lipinski definition) is 5. The summed E-state index contributed by atoms with van der Waals surface area (Å²) in [5.74, 6) is -0.192. The Hall–Kier alpha value is -3.06. The quantitative estimate of drug-likeness (QED) is 0.332. The highest BCUT2D eigenvalue weighted by Gasteiger charge is 2.13. The molecule has 0 radical (unpaired) electrons. The van der Waals surface area contributed by atoms with Gasteiger partial charge >= 0.3 is 0 Å². The van der Waals surface area contributed by atoms with Gasteiger partial charge in [0.1, 0.15) is 5.52 Å². The minimum absolute atomic E-state index is 0. The molecule has 0 aliphatic rings. The molecule has 8 heteroatoms. The Labute approximate surface area is 210 Å². The summed E-state index contributed by atoms with van der Waals surface area (Å²) in [6, 6.07) is 19.4. The van der Waals surface area contributed by atoms with Gasteiger partial charge < -0.3 is 19.5 Å². The van der Waals surface area contributed by atoms with Gasteiger partial charge in [-0.15, -0.1) is 12.4 Å². The molecular formula is C26H28Cl2N4O2. The van der Waals surface area contributed by atoms with E-state index in [2.05, 4.69) is 15.2 Å². The number of anilines is 2. The van der Waals surface area contributed by atoms with Crippen LogP contribution in [-0.4, -0.2) is 50.0 Å². The first kappa shape index (κ1) is 25.6. The number of carbonyl (C=O) groups is 1. The van der Waals surface area contributed by atoms with Gasteiger partial charge in [0.05, 0.1) is 0 Å². The van der Waals surface area contributed by atoms with Gasteiger partial charge in [-0.05, 0) is 68.5 Å². The van der Waals surface area contributed by atoms with Crippen molar-refractivity contribution in [3.8, 4) is 11.1 Å². The van der Waals surface area contributed by atoms with E-state index in [1.807, 2.05) is 81.5 Å². The van der Waals surface area contributed by atoms with Gasteiger partial charge in [0, 0.05) is 42.0 Å². The van der Waals surface area contributed by atoms with Gasteiger partial charge in [-0.2, -0.15) is 4.98 Å². The molecule has 34 heavy (non-hydrogen) atoms. The van der Waals surface area contributed by atoms with Gasteiger partial charge in [0.2, 0.25) is 0 Å². The summed E-state index contributed by atoms with van der Waals surface area (Å²) >= 11 is 6.38. The van der Waals surface area contributed by atoms with Crippen molar-refractivity contribution < 1.29 is 9.21 Å². The molecule has 4 rings (SSSR count). The molecule has 0 atom stereocenters. The summed E-state index contributed by atoms with van der Waals surface area (Å²) < 4.78 is 5.85. The minimum Gasteiger partial charge on any atom is -0.423 e. The third-order valence-electron chi connectivity index (χ3n) is 5.43. The van der Waals surface area contributed by atoms with Crippen LogP contribution in [0.2, 0.25) is 5.02 Å². The number of fused-ring (bicyclic) bond motifs is 1. The van der Waals surface area contributed by atoms with E-state index < -0.39 is 0 Å². The van der Waals surface area contributed by atoms with Crippen LogP contribution in [0.4, 0.5) is 11.7 Å². The summed E-state index contributed by atoms with van der Waals surface area (Å²) in [5.41, 5.74) is 5.61. The molecule has 0 fully saturated rings. The van der Waals surface area contributed by atoms with Crippen molar-refractivity contribution in [3.05, 3.63) is 76.8 Å². The fourth-order valence-corrected chi connectivity index (χ4v) is 3.80. The fraction of sp³-hybridized carbons (Fsp3) is 0.231. The van der Waals surface area contributed by atoms with Crippen LogP contribution in [0.15, 0.2) is 65.1 Å². The van der Waals surface area contributed by atoms with Crippen LogP contribution in [0.25, 0.3) is 22.2 Å². The predicted octanol–water partition coefficient (Wildman–Crippen LogP) is 6.13. The molecule has 0 saturated heterocycles. The van der Waals surface area contributed by atoms with Crippen molar-refractivity contribution in [1.82, 2.24) is 9.88 Å². The average Bonchev–Trinajstić information content (AvgIpc) is 3.21. The normalized spacial score (nSPS) is 10.9.